The van der Waals surface area contributed by atoms with E-state index < -0.39 is 0 Å². The number of nitrogens with zero attached hydrogens (tertiary/aromatic N) is 3. The van der Waals surface area contributed by atoms with Crippen molar-refractivity contribution in [3.63, 3.8) is 0 Å². The Kier molecular flexibility index (Phi) is 3.27. The molecule has 0 saturated carbocycles. The Morgan fingerprint density at radius 3 is 2.54 bits per heavy atom. The van der Waals surface area contributed by atoms with E-state index in [2.05, 4.69) is 20.9 Å². The highest BCUT2D eigenvalue weighted by molar-refractivity contribution is 6.02. The van der Waals surface area contributed by atoms with Crippen molar-refractivity contribution >= 4 is 27.6 Å². The fourth-order valence-electron chi connectivity index (χ4n) is 2.88. The predicted molar refractivity (Wildman–Crippen MR) is 95.3 cm³/mol. The highest BCUT2D eigenvalue weighted by Crippen LogP contribution is 2.33. The standard InChI is InChI=1S/C19H15N3O2/c1-22(2)15-10-9-14(12-6-3-4-7-13(12)15)19-21-18(23)17-16(24-19)8-5-11-20-17/h3-11H,1-2H3. The topological polar surface area (TPSA) is 59.2 Å². The van der Waals surface area contributed by atoms with Crippen LogP contribution >= 0.6 is 0 Å². The Morgan fingerprint density at radius 2 is 1.75 bits per heavy atom. The first kappa shape index (κ1) is 14.4. The third-order valence-electron chi connectivity index (χ3n) is 4.00. The number of fused-ring (bicyclic) bond motifs is 2. The molecule has 2 heterocycles. The molecule has 0 spiro atoms. The van der Waals surface area contributed by atoms with Crippen LogP contribution in [-0.4, -0.2) is 24.1 Å². The van der Waals surface area contributed by atoms with Crippen LogP contribution in [0.1, 0.15) is 0 Å². The molecule has 0 saturated heterocycles. The van der Waals surface area contributed by atoms with Gasteiger partial charge >= 0.3 is 5.56 Å². The quantitative estimate of drug-likeness (QED) is 0.566. The molecule has 24 heavy (non-hydrogen) atoms. The normalized spacial score (nSPS) is 11.1. The molecule has 0 amide bonds. The molecule has 2 aromatic heterocycles. The number of hydrogen-bond acceptors (Lipinski definition) is 5. The molecule has 4 rings (SSSR count). The van der Waals surface area contributed by atoms with Crippen molar-refractivity contribution in [2.24, 2.45) is 0 Å². The van der Waals surface area contributed by atoms with Gasteiger partial charge in [-0.2, -0.15) is 4.98 Å². The predicted octanol–water partition coefficient (Wildman–Crippen LogP) is 3.47. The van der Waals surface area contributed by atoms with Gasteiger partial charge in [-0.15, -0.1) is 0 Å². The van der Waals surface area contributed by atoms with Crippen LogP contribution in [0.3, 0.4) is 0 Å². The molecule has 0 radical (unpaired) electrons. The SMILES string of the molecule is CN(C)c1ccc(-c2nc(=O)c3ncccc3o2)c2ccccc12. The minimum Gasteiger partial charge on any atom is -0.436 e. The second-order valence-corrected chi connectivity index (χ2v) is 5.75. The van der Waals surface area contributed by atoms with Crippen molar-refractivity contribution in [1.82, 2.24) is 9.97 Å². The van der Waals surface area contributed by atoms with Gasteiger partial charge in [0, 0.05) is 36.9 Å². The third kappa shape index (κ3) is 2.22. The maximum absolute atomic E-state index is 12.2. The Bertz CT molecular complexity index is 1120. The Balaban J connectivity index is 2.04. The molecule has 4 aromatic rings. The number of anilines is 1. The first-order valence-electron chi connectivity index (χ1n) is 7.60. The molecule has 118 valence electrons. The molecule has 0 atom stereocenters. The lowest BCUT2D eigenvalue weighted by Crippen LogP contribution is -2.10. The number of pyridine rings is 1. The summed E-state index contributed by atoms with van der Waals surface area (Å²) < 4.78 is 5.85. The van der Waals surface area contributed by atoms with Gasteiger partial charge in [0.15, 0.2) is 11.1 Å². The summed E-state index contributed by atoms with van der Waals surface area (Å²) in [5.41, 5.74) is 2.19. The lowest BCUT2D eigenvalue weighted by atomic mass is 10.0. The fourth-order valence-corrected chi connectivity index (χ4v) is 2.88. The van der Waals surface area contributed by atoms with E-state index in [1.807, 2.05) is 44.4 Å². The Hall–Kier alpha value is -3.21. The summed E-state index contributed by atoms with van der Waals surface area (Å²) in [6.07, 6.45) is 1.56. The lowest BCUT2D eigenvalue weighted by Gasteiger charge is -2.17. The molecule has 0 bridgehead atoms. The van der Waals surface area contributed by atoms with Crippen LogP contribution in [0.4, 0.5) is 5.69 Å². The van der Waals surface area contributed by atoms with Gasteiger partial charge in [0.05, 0.1) is 0 Å². The van der Waals surface area contributed by atoms with Crippen LogP contribution in [0.15, 0.2) is 63.9 Å². The summed E-state index contributed by atoms with van der Waals surface area (Å²) in [4.78, 5) is 22.4. The van der Waals surface area contributed by atoms with E-state index in [0.29, 0.717) is 11.5 Å². The van der Waals surface area contributed by atoms with Crippen LogP contribution in [-0.2, 0) is 0 Å². The minimum absolute atomic E-state index is 0.246. The van der Waals surface area contributed by atoms with Crippen molar-refractivity contribution in [2.75, 3.05) is 19.0 Å². The van der Waals surface area contributed by atoms with Gasteiger partial charge in [-0.1, -0.05) is 24.3 Å². The van der Waals surface area contributed by atoms with Crippen LogP contribution in [0.25, 0.3) is 33.3 Å². The van der Waals surface area contributed by atoms with Crippen molar-refractivity contribution in [3.05, 3.63) is 65.1 Å². The van der Waals surface area contributed by atoms with E-state index >= 15 is 0 Å². The maximum atomic E-state index is 12.2. The molecule has 5 heteroatoms. The first-order valence-corrected chi connectivity index (χ1v) is 7.60. The van der Waals surface area contributed by atoms with Gasteiger partial charge in [-0.25, -0.2) is 4.98 Å². The highest BCUT2D eigenvalue weighted by atomic mass is 16.3. The van der Waals surface area contributed by atoms with Crippen LogP contribution in [0, 0.1) is 0 Å². The van der Waals surface area contributed by atoms with Crippen molar-refractivity contribution in [3.8, 4) is 11.5 Å². The second-order valence-electron chi connectivity index (χ2n) is 5.75. The number of hydrogen-bond donors (Lipinski definition) is 0. The maximum Gasteiger partial charge on any atom is 0.302 e. The molecular weight excluding hydrogens is 302 g/mol. The molecule has 0 aliphatic heterocycles. The van der Waals surface area contributed by atoms with E-state index in [1.165, 1.54) is 0 Å². The summed E-state index contributed by atoms with van der Waals surface area (Å²) in [7, 11) is 4.00. The van der Waals surface area contributed by atoms with Gasteiger partial charge < -0.3 is 9.32 Å². The average molecular weight is 317 g/mol. The van der Waals surface area contributed by atoms with Gasteiger partial charge in [-0.3, -0.25) is 4.79 Å². The summed E-state index contributed by atoms with van der Waals surface area (Å²) in [5.74, 6) is 0.307. The number of rotatable bonds is 2. The third-order valence-corrected chi connectivity index (χ3v) is 4.00. The number of aromatic nitrogens is 2. The van der Waals surface area contributed by atoms with Crippen LogP contribution in [0.5, 0.6) is 0 Å². The highest BCUT2D eigenvalue weighted by Gasteiger charge is 2.14. The Labute approximate surface area is 138 Å². The average Bonchev–Trinajstić information content (AvgIpc) is 2.60. The summed E-state index contributed by atoms with van der Waals surface area (Å²) in [6.45, 7) is 0. The smallest absolute Gasteiger partial charge is 0.302 e. The van der Waals surface area contributed by atoms with Crippen LogP contribution in [0.2, 0.25) is 0 Å². The molecule has 2 aromatic carbocycles. The van der Waals surface area contributed by atoms with Gasteiger partial charge in [0.2, 0.25) is 5.89 Å². The molecular formula is C19H15N3O2. The fraction of sp³-hybridized carbons (Fsp3) is 0.105. The zero-order valence-electron chi connectivity index (χ0n) is 13.4. The van der Waals surface area contributed by atoms with Crippen LogP contribution < -0.4 is 10.5 Å². The minimum atomic E-state index is -0.382. The lowest BCUT2D eigenvalue weighted by molar-refractivity contribution is 0.594. The van der Waals surface area contributed by atoms with E-state index in [1.54, 1.807) is 18.3 Å². The molecule has 0 aliphatic carbocycles. The van der Waals surface area contributed by atoms with E-state index in [4.69, 9.17) is 4.42 Å². The molecule has 0 aliphatic rings. The monoisotopic (exact) mass is 317 g/mol. The molecule has 5 nitrogen and oxygen atoms in total. The van der Waals surface area contributed by atoms with E-state index in [-0.39, 0.29) is 11.1 Å². The van der Waals surface area contributed by atoms with Gasteiger partial charge in [0.25, 0.3) is 0 Å². The molecule has 0 unspecified atom stereocenters. The van der Waals surface area contributed by atoms with Gasteiger partial charge in [0.1, 0.15) is 0 Å². The zero-order valence-corrected chi connectivity index (χ0v) is 13.4. The summed E-state index contributed by atoms with van der Waals surface area (Å²) in [6, 6.07) is 15.4. The van der Waals surface area contributed by atoms with Crippen molar-refractivity contribution in [2.45, 2.75) is 0 Å². The Morgan fingerprint density at radius 1 is 0.958 bits per heavy atom. The second kappa shape index (κ2) is 5.45. The van der Waals surface area contributed by atoms with Gasteiger partial charge in [-0.05, 0) is 29.7 Å². The van der Waals surface area contributed by atoms with Crippen molar-refractivity contribution < 1.29 is 4.42 Å². The largest absolute Gasteiger partial charge is 0.436 e. The number of benzene rings is 2. The zero-order chi connectivity index (χ0) is 16.7. The first-order chi connectivity index (χ1) is 11.6. The van der Waals surface area contributed by atoms with E-state index in [0.717, 1.165) is 22.0 Å². The summed E-state index contributed by atoms with van der Waals surface area (Å²) in [5, 5.41) is 2.07. The van der Waals surface area contributed by atoms with E-state index in [9.17, 15) is 4.79 Å². The molecule has 0 fully saturated rings. The van der Waals surface area contributed by atoms with Crippen molar-refractivity contribution in [1.29, 1.82) is 0 Å². The molecule has 0 N–H and O–H groups in total. The summed E-state index contributed by atoms with van der Waals surface area (Å²) >= 11 is 0.